The highest BCUT2D eigenvalue weighted by Crippen LogP contribution is 2.24. The summed E-state index contributed by atoms with van der Waals surface area (Å²) < 4.78 is 22.7. The molecule has 2 rings (SSSR count). The van der Waals surface area contributed by atoms with Gasteiger partial charge in [0, 0.05) is 31.4 Å². The van der Waals surface area contributed by atoms with Crippen molar-refractivity contribution in [1.82, 2.24) is 9.80 Å². The van der Waals surface area contributed by atoms with Gasteiger partial charge in [0.1, 0.15) is 0 Å². The lowest BCUT2D eigenvalue weighted by Crippen LogP contribution is -2.50. The lowest BCUT2D eigenvalue weighted by molar-refractivity contribution is -0.139. The standard InChI is InChI=1S/C12H20N2O5S2/c15-11(8-20-10-1-6-21(18,19)9-10)14-4-2-13(3-5-14)7-12(16)17/h10H,1-9H2,(H,16,17). The van der Waals surface area contributed by atoms with Crippen LogP contribution < -0.4 is 0 Å². The zero-order chi connectivity index (χ0) is 15.5. The van der Waals surface area contributed by atoms with E-state index in [-0.39, 0.29) is 29.2 Å². The van der Waals surface area contributed by atoms with Crippen LogP contribution >= 0.6 is 11.8 Å². The Morgan fingerprint density at radius 3 is 2.38 bits per heavy atom. The number of carbonyl (C=O) groups excluding carboxylic acids is 1. The van der Waals surface area contributed by atoms with Gasteiger partial charge in [-0.25, -0.2) is 8.42 Å². The van der Waals surface area contributed by atoms with E-state index in [0.29, 0.717) is 38.4 Å². The Morgan fingerprint density at radius 1 is 1.19 bits per heavy atom. The van der Waals surface area contributed by atoms with E-state index < -0.39 is 15.8 Å². The quantitative estimate of drug-likeness (QED) is 0.698. The molecule has 120 valence electrons. The van der Waals surface area contributed by atoms with Crippen LogP contribution in [0.25, 0.3) is 0 Å². The first-order valence-corrected chi connectivity index (χ1v) is 9.77. The molecule has 9 heteroatoms. The van der Waals surface area contributed by atoms with Crippen LogP contribution in [0.5, 0.6) is 0 Å². The lowest BCUT2D eigenvalue weighted by atomic mass is 10.3. The maximum atomic E-state index is 12.1. The van der Waals surface area contributed by atoms with Crippen molar-refractivity contribution in [2.45, 2.75) is 11.7 Å². The molecule has 1 unspecified atom stereocenters. The first kappa shape index (κ1) is 16.6. The summed E-state index contributed by atoms with van der Waals surface area (Å²) >= 11 is 1.42. The predicted molar refractivity (Wildman–Crippen MR) is 80.2 cm³/mol. The fourth-order valence-electron chi connectivity index (χ4n) is 2.52. The van der Waals surface area contributed by atoms with Gasteiger partial charge in [-0.3, -0.25) is 14.5 Å². The topological polar surface area (TPSA) is 95.0 Å². The van der Waals surface area contributed by atoms with Crippen molar-refractivity contribution in [2.24, 2.45) is 0 Å². The SMILES string of the molecule is O=C(O)CN1CCN(C(=O)CSC2CCS(=O)(=O)C2)CC1. The van der Waals surface area contributed by atoms with Crippen molar-refractivity contribution in [3.8, 4) is 0 Å². The number of thioether (sulfide) groups is 1. The first-order valence-electron chi connectivity index (χ1n) is 6.90. The Hall–Kier alpha value is -0.800. The summed E-state index contributed by atoms with van der Waals surface area (Å²) in [5.41, 5.74) is 0. The predicted octanol–water partition coefficient (Wildman–Crippen LogP) is -0.864. The molecule has 1 atom stereocenters. The van der Waals surface area contributed by atoms with Crippen LogP contribution in [0, 0.1) is 0 Å². The van der Waals surface area contributed by atoms with Gasteiger partial charge in [0.25, 0.3) is 0 Å². The average Bonchev–Trinajstić information content (AvgIpc) is 2.76. The van der Waals surface area contributed by atoms with Crippen molar-refractivity contribution in [1.29, 1.82) is 0 Å². The van der Waals surface area contributed by atoms with Crippen LogP contribution in [0.2, 0.25) is 0 Å². The Morgan fingerprint density at radius 2 is 1.86 bits per heavy atom. The fourth-order valence-corrected chi connectivity index (χ4v) is 6.06. The van der Waals surface area contributed by atoms with Crippen LogP contribution in [-0.4, -0.2) is 90.4 Å². The maximum Gasteiger partial charge on any atom is 0.317 e. The highest BCUT2D eigenvalue weighted by atomic mass is 32.2. The lowest BCUT2D eigenvalue weighted by Gasteiger charge is -2.33. The molecule has 0 aliphatic carbocycles. The molecule has 7 nitrogen and oxygen atoms in total. The second-order valence-corrected chi connectivity index (χ2v) is 8.90. The van der Waals surface area contributed by atoms with Crippen molar-refractivity contribution in [2.75, 3.05) is 50.0 Å². The number of sulfone groups is 1. The highest BCUT2D eigenvalue weighted by Gasteiger charge is 2.29. The van der Waals surface area contributed by atoms with Crippen molar-refractivity contribution < 1.29 is 23.1 Å². The molecule has 21 heavy (non-hydrogen) atoms. The van der Waals surface area contributed by atoms with E-state index in [1.807, 2.05) is 4.90 Å². The van der Waals surface area contributed by atoms with E-state index in [9.17, 15) is 18.0 Å². The molecule has 2 saturated heterocycles. The molecule has 1 N–H and O–H groups in total. The number of carbonyl (C=O) groups is 2. The third-order valence-corrected chi connectivity index (χ3v) is 6.98. The average molecular weight is 336 g/mol. The van der Waals surface area contributed by atoms with Crippen molar-refractivity contribution in [3.05, 3.63) is 0 Å². The summed E-state index contributed by atoms with van der Waals surface area (Å²) in [4.78, 5) is 26.2. The van der Waals surface area contributed by atoms with Gasteiger partial charge >= 0.3 is 5.97 Å². The van der Waals surface area contributed by atoms with Gasteiger partial charge in [-0.2, -0.15) is 0 Å². The third-order valence-electron chi connectivity index (χ3n) is 3.72. The number of carboxylic acids is 1. The number of rotatable bonds is 5. The summed E-state index contributed by atoms with van der Waals surface area (Å²) in [6, 6.07) is 0. The van der Waals surface area contributed by atoms with E-state index in [4.69, 9.17) is 5.11 Å². The molecule has 0 aromatic rings. The zero-order valence-electron chi connectivity index (χ0n) is 11.7. The van der Waals surface area contributed by atoms with Crippen LogP contribution in [-0.2, 0) is 19.4 Å². The van der Waals surface area contributed by atoms with Gasteiger partial charge < -0.3 is 10.0 Å². The number of aliphatic carboxylic acids is 1. The van der Waals surface area contributed by atoms with Gasteiger partial charge in [-0.1, -0.05) is 0 Å². The van der Waals surface area contributed by atoms with Gasteiger partial charge in [-0.05, 0) is 6.42 Å². The summed E-state index contributed by atoms with van der Waals surface area (Å²) in [5.74, 6) is -0.129. The van der Waals surface area contributed by atoms with E-state index >= 15 is 0 Å². The Bertz CT molecular complexity index is 500. The Labute approximate surface area is 128 Å². The van der Waals surface area contributed by atoms with Gasteiger partial charge in [0.15, 0.2) is 9.84 Å². The molecule has 2 aliphatic rings. The van der Waals surface area contributed by atoms with E-state index in [1.54, 1.807) is 4.90 Å². The second-order valence-electron chi connectivity index (χ2n) is 5.39. The number of piperazine rings is 1. The number of carboxylic acid groups (broad SMARTS) is 1. The number of amides is 1. The molecular formula is C12H20N2O5S2. The van der Waals surface area contributed by atoms with Gasteiger partial charge in [0.2, 0.25) is 5.91 Å². The van der Waals surface area contributed by atoms with E-state index in [0.717, 1.165) is 0 Å². The Kier molecular flexibility index (Phi) is 5.50. The smallest absolute Gasteiger partial charge is 0.317 e. The fraction of sp³-hybridized carbons (Fsp3) is 0.833. The minimum absolute atomic E-state index is 0.0106. The van der Waals surface area contributed by atoms with Crippen molar-refractivity contribution >= 4 is 33.5 Å². The molecule has 2 fully saturated rings. The van der Waals surface area contributed by atoms with Crippen LogP contribution in [0.1, 0.15) is 6.42 Å². The van der Waals surface area contributed by atoms with Crippen LogP contribution in [0.4, 0.5) is 0 Å². The minimum Gasteiger partial charge on any atom is -0.480 e. The van der Waals surface area contributed by atoms with Crippen LogP contribution in [0.15, 0.2) is 0 Å². The third kappa shape index (κ3) is 5.15. The number of hydrogen-bond acceptors (Lipinski definition) is 6. The normalized spacial score (nSPS) is 25.9. The maximum absolute atomic E-state index is 12.1. The number of nitrogens with zero attached hydrogens (tertiary/aromatic N) is 2. The summed E-state index contributed by atoms with van der Waals surface area (Å²) in [7, 11) is -2.90. The molecule has 2 aliphatic heterocycles. The Balaban J connectivity index is 1.69. The summed E-state index contributed by atoms with van der Waals surface area (Å²) in [6.45, 7) is 2.23. The monoisotopic (exact) mass is 336 g/mol. The van der Waals surface area contributed by atoms with Gasteiger partial charge in [0.05, 0.1) is 23.8 Å². The molecule has 0 aromatic heterocycles. The first-order chi connectivity index (χ1) is 9.85. The minimum atomic E-state index is -2.90. The van der Waals surface area contributed by atoms with Crippen molar-refractivity contribution in [3.63, 3.8) is 0 Å². The summed E-state index contributed by atoms with van der Waals surface area (Å²) in [6.07, 6.45) is 0.632. The van der Waals surface area contributed by atoms with Crippen LogP contribution in [0.3, 0.4) is 0 Å². The molecule has 2 heterocycles. The van der Waals surface area contributed by atoms with E-state index in [1.165, 1.54) is 11.8 Å². The molecule has 0 spiro atoms. The molecule has 0 radical (unpaired) electrons. The molecule has 0 bridgehead atoms. The summed E-state index contributed by atoms with van der Waals surface area (Å²) in [5, 5.41) is 8.75. The molecular weight excluding hydrogens is 316 g/mol. The van der Waals surface area contributed by atoms with Gasteiger partial charge in [-0.15, -0.1) is 11.8 Å². The zero-order valence-corrected chi connectivity index (χ0v) is 13.4. The van der Waals surface area contributed by atoms with E-state index in [2.05, 4.69) is 0 Å². The molecule has 0 aromatic carbocycles. The second kappa shape index (κ2) is 6.97. The molecule has 1 amide bonds. The molecule has 0 saturated carbocycles. The number of hydrogen-bond donors (Lipinski definition) is 1. The largest absolute Gasteiger partial charge is 0.480 e. The highest BCUT2D eigenvalue weighted by molar-refractivity contribution is 8.02.